The molecule has 0 unspecified atom stereocenters. The first-order chi connectivity index (χ1) is 18.5. The number of benzene rings is 3. The minimum absolute atomic E-state index is 0.0137. The Balaban J connectivity index is 1.49. The van der Waals surface area contributed by atoms with Crippen molar-refractivity contribution in [1.29, 1.82) is 0 Å². The zero-order chi connectivity index (χ0) is 26.2. The molecule has 5 nitrogen and oxygen atoms in total. The van der Waals surface area contributed by atoms with Gasteiger partial charge >= 0.3 is 0 Å². The first-order valence-corrected chi connectivity index (χ1v) is 13.8. The lowest BCUT2D eigenvalue weighted by molar-refractivity contribution is 0.0790. The van der Waals surface area contributed by atoms with Crippen molar-refractivity contribution in [2.45, 2.75) is 51.5 Å². The summed E-state index contributed by atoms with van der Waals surface area (Å²) >= 11 is 0. The molecule has 6 rings (SSSR count). The Hall–Kier alpha value is -3.70. The van der Waals surface area contributed by atoms with E-state index in [0.717, 1.165) is 41.0 Å². The van der Waals surface area contributed by atoms with Crippen LogP contribution in [-0.2, 0) is 4.84 Å². The third-order valence-corrected chi connectivity index (χ3v) is 8.26. The van der Waals surface area contributed by atoms with Crippen LogP contribution in [0.3, 0.4) is 0 Å². The molecule has 0 spiro atoms. The molecule has 5 heteroatoms. The average Bonchev–Trinajstić information content (AvgIpc) is 3.58. The summed E-state index contributed by atoms with van der Waals surface area (Å²) in [4.78, 5) is 20.9. The Morgan fingerprint density at radius 2 is 1.53 bits per heavy atom. The third-order valence-electron chi connectivity index (χ3n) is 8.26. The predicted octanol–water partition coefficient (Wildman–Crippen LogP) is 7.64. The van der Waals surface area contributed by atoms with Crippen molar-refractivity contribution in [2.24, 2.45) is 11.8 Å². The van der Waals surface area contributed by atoms with Gasteiger partial charge in [0, 0.05) is 17.0 Å². The van der Waals surface area contributed by atoms with Gasteiger partial charge in [-0.3, -0.25) is 9.63 Å². The Kier molecular flexibility index (Phi) is 6.62. The molecule has 1 aliphatic carbocycles. The van der Waals surface area contributed by atoms with E-state index in [1.807, 2.05) is 71.8 Å². The van der Waals surface area contributed by atoms with Crippen molar-refractivity contribution >= 4 is 11.6 Å². The van der Waals surface area contributed by atoms with Crippen LogP contribution in [0.4, 0.5) is 5.69 Å². The topological polar surface area (TPSA) is 47.4 Å². The van der Waals surface area contributed by atoms with Crippen molar-refractivity contribution in [3.8, 4) is 11.3 Å². The molecule has 4 aromatic rings. The van der Waals surface area contributed by atoms with Crippen molar-refractivity contribution in [3.05, 3.63) is 108 Å². The van der Waals surface area contributed by atoms with Crippen molar-refractivity contribution in [2.75, 3.05) is 11.7 Å². The maximum absolute atomic E-state index is 14.6. The largest absolute Gasteiger partial charge is 0.272 e. The van der Waals surface area contributed by atoms with Crippen LogP contribution in [-0.4, -0.2) is 22.3 Å². The number of anilines is 1. The zero-order valence-corrected chi connectivity index (χ0v) is 22.3. The van der Waals surface area contributed by atoms with Gasteiger partial charge in [0.1, 0.15) is 0 Å². The molecule has 38 heavy (non-hydrogen) atoms. The molecule has 0 saturated carbocycles. The molecule has 1 saturated heterocycles. The average molecular weight is 506 g/mol. The van der Waals surface area contributed by atoms with Gasteiger partial charge in [-0.05, 0) is 42.4 Å². The van der Waals surface area contributed by atoms with Crippen LogP contribution in [0.25, 0.3) is 11.3 Å². The van der Waals surface area contributed by atoms with E-state index < -0.39 is 5.92 Å². The highest BCUT2D eigenvalue weighted by molar-refractivity contribution is 5.88. The van der Waals surface area contributed by atoms with E-state index in [0.29, 0.717) is 24.4 Å². The summed E-state index contributed by atoms with van der Waals surface area (Å²) in [7, 11) is 0. The minimum atomic E-state index is -0.408. The number of carbonyl (C=O) groups excluding carboxylic acids is 1. The van der Waals surface area contributed by atoms with Gasteiger partial charge in [-0.1, -0.05) is 99.6 Å². The monoisotopic (exact) mass is 505 g/mol. The first kappa shape index (κ1) is 24.6. The minimum Gasteiger partial charge on any atom is -0.272 e. The van der Waals surface area contributed by atoms with Gasteiger partial charge in [-0.15, -0.1) is 0 Å². The molecule has 0 amide bonds. The maximum atomic E-state index is 14.6. The van der Waals surface area contributed by atoms with Gasteiger partial charge in [0.25, 0.3) is 5.91 Å². The van der Waals surface area contributed by atoms with Crippen molar-refractivity contribution in [1.82, 2.24) is 9.78 Å². The molecule has 0 N–H and O–H groups in total. The standard InChI is InChI=1S/C33H35N3O2/c1-22(2)27-20-19-23(3)29-30(27)34-35(32(29)25-15-9-5-10-16-25)33(37)28-21-38-36(26-17-11-6-12-18-26)31(28)24-13-7-4-8-14-24/h4-18,22-23,27-28,31H,19-21H2,1-3H3/t23-,27-,28-,31-/m1/s1. The van der Waals surface area contributed by atoms with Gasteiger partial charge in [0.15, 0.2) is 0 Å². The van der Waals surface area contributed by atoms with E-state index in [4.69, 9.17) is 9.94 Å². The fourth-order valence-corrected chi connectivity index (χ4v) is 6.29. The number of nitrogens with zero attached hydrogens (tertiary/aromatic N) is 3. The second-order valence-electron chi connectivity index (χ2n) is 11.0. The van der Waals surface area contributed by atoms with Gasteiger partial charge in [0.2, 0.25) is 0 Å². The van der Waals surface area contributed by atoms with E-state index in [1.54, 1.807) is 4.68 Å². The number of rotatable bonds is 5. The number of aromatic nitrogens is 2. The summed E-state index contributed by atoms with van der Waals surface area (Å²) in [6.45, 7) is 7.11. The second-order valence-corrected chi connectivity index (χ2v) is 11.0. The molecule has 1 aromatic heterocycles. The second kappa shape index (κ2) is 10.2. The molecule has 194 valence electrons. The molecule has 4 atom stereocenters. The molecular weight excluding hydrogens is 470 g/mol. The summed E-state index contributed by atoms with van der Waals surface area (Å²) in [5.74, 6) is 0.740. The summed E-state index contributed by atoms with van der Waals surface area (Å²) in [5, 5.41) is 7.05. The Bertz CT molecular complexity index is 1400. The Labute approximate surface area is 225 Å². The van der Waals surface area contributed by atoms with E-state index in [-0.39, 0.29) is 11.9 Å². The highest BCUT2D eigenvalue weighted by Crippen LogP contribution is 2.47. The number of carbonyl (C=O) groups is 1. The number of para-hydroxylation sites is 1. The van der Waals surface area contributed by atoms with E-state index >= 15 is 0 Å². The number of hydrogen-bond donors (Lipinski definition) is 0. The summed E-state index contributed by atoms with van der Waals surface area (Å²) in [5.41, 5.74) is 6.33. The quantitative estimate of drug-likeness (QED) is 0.280. The fourth-order valence-electron chi connectivity index (χ4n) is 6.29. The van der Waals surface area contributed by atoms with Crippen LogP contribution in [0.1, 0.15) is 73.1 Å². The molecule has 1 fully saturated rings. The number of hydroxylamine groups is 1. The third kappa shape index (κ3) is 4.25. The highest BCUT2D eigenvalue weighted by Gasteiger charge is 2.44. The lowest BCUT2D eigenvalue weighted by Crippen LogP contribution is -2.32. The van der Waals surface area contributed by atoms with E-state index in [9.17, 15) is 4.79 Å². The Morgan fingerprint density at radius 3 is 2.18 bits per heavy atom. The molecule has 2 aliphatic rings. The lowest BCUT2D eigenvalue weighted by Gasteiger charge is -2.29. The van der Waals surface area contributed by atoms with Crippen molar-refractivity contribution in [3.63, 3.8) is 0 Å². The number of hydrogen-bond acceptors (Lipinski definition) is 4. The van der Waals surface area contributed by atoms with Crippen LogP contribution in [0.2, 0.25) is 0 Å². The van der Waals surface area contributed by atoms with Gasteiger partial charge in [-0.2, -0.15) is 9.78 Å². The molecule has 0 radical (unpaired) electrons. The van der Waals surface area contributed by atoms with E-state index in [1.165, 1.54) is 5.56 Å². The summed E-state index contributed by atoms with van der Waals surface area (Å²) in [6, 6.07) is 30.3. The smallest absolute Gasteiger partial charge is 0.255 e. The zero-order valence-electron chi connectivity index (χ0n) is 22.3. The van der Waals surface area contributed by atoms with Crippen LogP contribution in [0.15, 0.2) is 91.0 Å². The van der Waals surface area contributed by atoms with Crippen LogP contribution in [0.5, 0.6) is 0 Å². The molecule has 3 aromatic carbocycles. The molecule has 1 aliphatic heterocycles. The molecular formula is C33H35N3O2. The van der Waals surface area contributed by atoms with Gasteiger partial charge in [0.05, 0.1) is 35.6 Å². The van der Waals surface area contributed by atoms with Crippen LogP contribution in [0, 0.1) is 11.8 Å². The van der Waals surface area contributed by atoms with Gasteiger partial charge < -0.3 is 0 Å². The normalized spacial score (nSPS) is 23.0. The Morgan fingerprint density at radius 1 is 0.895 bits per heavy atom. The first-order valence-electron chi connectivity index (χ1n) is 13.8. The summed E-state index contributed by atoms with van der Waals surface area (Å²) in [6.07, 6.45) is 2.21. The van der Waals surface area contributed by atoms with E-state index in [2.05, 4.69) is 45.0 Å². The maximum Gasteiger partial charge on any atom is 0.255 e. The van der Waals surface area contributed by atoms with Crippen LogP contribution >= 0.6 is 0 Å². The summed E-state index contributed by atoms with van der Waals surface area (Å²) < 4.78 is 1.73. The van der Waals surface area contributed by atoms with Gasteiger partial charge in [-0.25, -0.2) is 5.06 Å². The highest BCUT2D eigenvalue weighted by atomic mass is 16.7. The lowest BCUT2D eigenvalue weighted by atomic mass is 9.75. The predicted molar refractivity (Wildman–Crippen MR) is 151 cm³/mol. The van der Waals surface area contributed by atoms with Crippen LogP contribution < -0.4 is 5.06 Å². The fraction of sp³-hybridized carbons (Fsp3) is 0.333. The van der Waals surface area contributed by atoms with Crippen molar-refractivity contribution < 1.29 is 9.63 Å². The molecule has 2 heterocycles. The SMILES string of the molecule is CC(C)[C@H]1CC[C@@H](C)c2c1nn(C(=O)[C@@H]1CON(c3ccccc3)[C@@H]1c1ccccc1)c2-c1ccccc1. The molecule has 0 bridgehead atoms. The number of fused-ring (bicyclic) bond motifs is 1.